The minimum atomic E-state index is -1.16. The largest absolute Gasteiger partial charge is 0.367 e. The van der Waals surface area contributed by atoms with Crippen molar-refractivity contribution in [3.05, 3.63) is 58.3 Å². The summed E-state index contributed by atoms with van der Waals surface area (Å²) in [6.07, 6.45) is 2.55. The number of carbonyl (C=O) groups excluding carboxylic acids is 1. The van der Waals surface area contributed by atoms with Gasteiger partial charge in [-0.3, -0.25) is 9.59 Å². The maximum atomic E-state index is 13.2. The minimum Gasteiger partial charge on any atom is -0.367 e. The van der Waals surface area contributed by atoms with Crippen LogP contribution in [0.1, 0.15) is 10.4 Å². The summed E-state index contributed by atoms with van der Waals surface area (Å²) in [6.45, 7) is 0. The second kappa shape index (κ2) is 4.74. The molecule has 0 bridgehead atoms. The summed E-state index contributed by atoms with van der Waals surface area (Å²) in [4.78, 5) is 28.5. The molecule has 2 N–H and O–H groups in total. The molecule has 0 saturated heterocycles. The molecule has 5 nitrogen and oxygen atoms in total. The lowest BCUT2D eigenvalue weighted by atomic mass is 10.2. The predicted molar refractivity (Wildman–Crippen MR) is 59.2 cm³/mol. The van der Waals surface area contributed by atoms with E-state index in [0.29, 0.717) is 0 Å². The summed E-state index contributed by atoms with van der Waals surface area (Å²) in [7, 11) is 0. The third-order valence-corrected chi connectivity index (χ3v) is 2.13. The van der Waals surface area contributed by atoms with Crippen molar-refractivity contribution < 1.29 is 13.6 Å². The molecule has 92 valence electrons. The van der Waals surface area contributed by atoms with Crippen molar-refractivity contribution in [2.24, 2.45) is 0 Å². The van der Waals surface area contributed by atoms with Crippen LogP contribution in [-0.4, -0.2) is 15.9 Å². The molecule has 0 atom stereocenters. The van der Waals surface area contributed by atoms with Crippen molar-refractivity contribution in [2.75, 3.05) is 5.32 Å². The highest BCUT2D eigenvalue weighted by Crippen LogP contribution is 2.12. The molecule has 2 rings (SSSR count). The molecule has 0 aromatic carbocycles. The first-order valence-corrected chi connectivity index (χ1v) is 4.88. The van der Waals surface area contributed by atoms with Gasteiger partial charge in [-0.1, -0.05) is 0 Å². The Bertz CT molecular complexity index is 655. The average Bonchev–Trinajstić information content (AvgIpc) is 2.33. The number of rotatable bonds is 2. The van der Waals surface area contributed by atoms with E-state index in [1.165, 1.54) is 12.4 Å². The fourth-order valence-corrected chi connectivity index (χ4v) is 1.29. The highest BCUT2D eigenvalue weighted by Gasteiger charge is 2.13. The molecule has 0 unspecified atom stereocenters. The lowest BCUT2D eigenvalue weighted by Crippen LogP contribution is -2.21. The van der Waals surface area contributed by atoms with E-state index in [0.717, 1.165) is 18.2 Å². The Morgan fingerprint density at radius 1 is 1.28 bits per heavy atom. The van der Waals surface area contributed by atoms with Crippen LogP contribution < -0.4 is 10.7 Å². The third-order valence-electron chi connectivity index (χ3n) is 2.13. The maximum absolute atomic E-state index is 13.2. The van der Waals surface area contributed by atoms with Crippen LogP contribution in [0.3, 0.4) is 0 Å². The fraction of sp³-hybridized carbons (Fsp3) is 0. The van der Waals surface area contributed by atoms with Crippen molar-refractivity contribution in [3.8, 4) is 0 Å². The van der Waals surface area contributed by atoms with E-state index in [-0.39, 0.29) is 11.3 Å². The van der Waals surface area contributed by atoms with E-state index in [4.69, 9.17) is 0 Å². The Morgan fingerprint density at radius 2 is 2.06 bits per heavy atom. The van der Waals surface area contributed by atoms with Gasteiger partial charge in [-0.15, -0.1) is 0 Å². The van der Waals surface area contributed by atoms with Crippen LogP contribution in [0.15, 0.2) is 35.4 Å². The van der Waals surface area contributed by atoms with E-state index in [1.54, 1.807) is 0 Å². The summed E-state index contributed by atoms with van der Waals surface area (Å²) in [5.74, 6) is -2.96. The van der Waals surface area contributed by atoms with Crippen LogP contribution in [0.25, 0.3) is 0 Å². The number of aromatic nitrogens is 2. The molecule has 7 heteroatoms. The number of amides is 1. The molecule has 0 aliphatic heterocycles. The standard InChI is InChI=1S/C11H7F2N3O2/c12-9-2-1-7(10(13)16-9)15-11(18)6-5-14-4-3-8(6)17/h1-5H,(H,14,17)(H,15,18). The topological polar surface area (TPSA) is 74.8 Å². The highest BCUT2D eigenvalue weighted by molar-refractivity contribution is 6.03. The van der Waals surface area contributed by atoms with Gasteiger partial charge < -0.3 is 10.3 Å². The van der Waals surface area contributed by atoms with Gasteiger partial charge in [-0.05, 0) is 12.1 Å². The zero-order valence-electron chi connectivity index (χ0n) is 8.91. The van der Waals surface area contributed by atoms with Gasteiger partial charge in [0.2, 0.25) is 11.9 Å². The molecule has 0 spiro atoms. The molecular weight excluding hydrogens is 244 g/mol. The second-order valence-corrected chi connectivity index (χ2v) is 3.35. The molecule has 0 aliphatic carbocycles. The van der Waals surface area contributed by atoms with Crippen molar-refractivity contribution in [3.63, 3.8) is 0 Å². The van der Waals surface area contributed by atoms with Gasteiger partial charge in [-0.25, -0.2) is 0 Å². The molecule has 0 radical (unpaired) electrons. The van der Waals surface area contributed by atoms with E-state index in [1.807, 2.05) is 0 Å². The summed E-state index contributed by atoms with van der Waals surface area (Å²) in [6, 6.07) is 3.08. The van der Waals surface area contributed by atoms with Gasteiger partial charge in [0.05, 0.1) is 5.69 Å². The molecule has 2 aromatic heterocycles. The average molecular weight is 251 g/mol. The lowest BCUT2D eigenvalue weighted by Gasteiger charge is -2.04. The molecule has 0 aliphatic rings. The Morgan fingerprint density at radius 3 is 2.72 bits per heavy atom. The smallest absolute Gasteiger partial charge is 0.261 e. The minimum absolute atomic E-state index is 0.179. The van der Waals surface area contributed by atoms with Crippen LogP contribution in [0.5, 0.6) is 0 Å². The van der Waals surface area contributed by atoms with Crippen molar-refractivity contribution in [1.82, 2.24) is 9.97 Å². The molecule has 0 fully saturated rings. The number of H-pyrrole nitrogens is 1. The number of aromatic amines is 1. The van der Waals surface area contributed by atoms with Crippen LogP contribution >= 0.6 is 0 Å². The zero-order valence-corrected chi connectivity index (χ0v) is 8.91. The van der Waals surface area contributed by atoms with Crippen LogP contribution in [0, 0.1) is 11.9 Å². The molecular formula is C11H7F2N3O2. The first-order valence-electron chi connectivity index (χ1n) is 4.88. The number of nitrogens with one attached hydrogen (secondary N) is 2. The van der Waals surface area contributed by atoms with Crippen molar-refractivity contribution in [2.45, 2.75) is 0 Å². The van der Waals surface area contributed by atoms with Gasteiger partial charge in [0.15, 0.2) is 5.43 Å². The second-order valence-electron chi connectivity index (χ2n) is 3.35. The van der Waals surface area contributed by atoms with Crippen molar-refractivity contribution in [1.29, 1.82) is 0 Å². The molecule has 0 saturated carbocycles. The number of hydrogen-bond donors (Lipinski definition) is 2. The molecule has 18 heavy (non-hydrogen) atoms. The number of pyridine rings is 2. The first kappa shape index (κ1) is 11.9. The van der Waals surface area contributed by atoms with Gasteiger partial charge in [-0.2, -0.15) is 13.8 Å². The van der Waals surface area contributed by atoms with Gasteiger partial charge >= 0.3 is 0 Å². The highest BCUT2D eigenvalue weighted by atomic mass is 19.1. The maximum Gasteiger partial charge on any atom is 0.261 e. The van der Waals surface area contributed by atoms with E-state index >= 15 is 0 Å². The SMILES string of the molecule is O=C(Nc1ccc(F)nc1F)c1c[nH]ccc1=O. The monoisotopic (exact) mass is 251 g/mol. The van der Waals surface area contributed by atoms with Gasteiger partial charge in [0.25, 0.3) is 5.91 Å². The summed E-state index contributed by atoms with van der Waals surface area (Å²) in [5, 5.41) is 2.13. The zero-order chi connectivity index (χ0) is 13.1. The quantitative estimate of drug-likeness (QED) is 0.790. The lowest BCUT2D eigenvalue weighted by molar-refractivity contribution is 0.102. The van der Waals surface area contributed by atoms with Crippen molar-refractivity contribution >= 4 is 11.6 Å². The summed E-state index contributed by atoms with van der Waals surface area (Å²) >= 11 is 0. The number of halogens is 2. The number of carbonyl (C=O) groups is 1. The molecule has 1 amide bonds. The Hall–Kier alpha value is -2.57. The normalized spacial score (nSPS) is 10.1. The van der Waals surface area contributed by atoms with Gasteiger partial charge in [0.1, 0.15) is 5.56 Å². The van der Waals surface area contributed by atoms with Crippen LogP contribution in [0.4, 0.5) is 14.5 Å². The van der Waals surface area contributed by atoms with Crippen LogP contribution in [-0.2, 0) is 0 Å². The summed E-state index contributed by atoms with van der Waals surface area (Å²) < 4.78 is 25.7. The van der Waals surface area contributed by atoms with E-state index in [9.17, 15) is 18.4 Å². The number of hydrogen-bond acceptors (Lipinski definition) is 3. The molecule has 2 heterocycles. The summed E-state index contributed by atoms with van der Waals surface area (Å²) in [5.41, 5.74) is -0.993. The Labute approximate surface area is 99.5 Å². The molecule has 2 aromatic rings. The van der Waals surface area contributed by atoms with E-state index < -0.39 is 23.2 Å². The Kier molecular flexibility index (Phi) is 3.13. The predicted octanol–water partition coefficient (Wildman–Crippen LogP) is 1.30. The van der Waals surface area contributed by atoms with Crippen LogP contribution in [0.2, 0.25) is 0 Å². The first-order chi connectivity index (χ1) is 8.58. The van der Waals surface area contributed by atoms with E-state index in [2.05, 4.69) is 15.3 Å². The Balaban J connectivity index is 2.27. The number of anilines is 1. The fourth-order valence-electron chi connectivity index (χ4n) is 1.29. The van der Waals surface area contributed by atoms with Gasteiger partial charge in [0, 0.05) is 18.5 Å². The number of nitrogens with zero attached hydrogens (tertiary/aromatic N) is 1. The third kappa shape index (κ3) is 2.40.